The molecular weight excluding hydrogens is 240 g/mol. The molecule has 0 saturated heterocycles. The van der Waals surface area contributed by atoms with Crippen LogP contribution in [0.2, 0.25) is 0 Å². The number of anilines is 1. The van der Waals surface area contributed by atoms with E-state index in [-0.39, 0.29) is 0 Å². The molecule has 1 aromatic heterocycles. The van der Waals surface area contributed by atoms with E-state index in [1.807, 2.05) is 18.2 Å². The average molecular weight is 254 g/mol. The van der Waals surface area contributed by atoms with Gasteiger partial charge in [0.05, 0.1) is 0 Å². The number of terminal acetylenes is 1. The fraction of sp³-hybridized carbons (Fsp3) is 0.267. The summed E-state index contributed by atoms with van der Waals surface area (Å²) >= 11 is 0. The topological polar surface area (TPSA) is 43.4 Å². The van der Waals surface area contributed by atoms with Crippen molar-refractivity contribution >= 4 is 16.6 Å². The van der Waals surface area contributed by atoms with Crippen molar-refractivity contribution < 1.29 is 9.47 Å². The van der Waals surface area contributed by atoms with Crippen molar-refractivity contribution in [3.8, 4) is 23.8 Å². The van der Waals surface area contributed by atoms with Crippen LogP contribution >= 0.6 is 0 Å². The maximum absolute atomic E-state index is 5.60. The monoisotopic (exact) mass is 254 g/mol. The summed E-state index contributed by atoms with van der Waals surface area (Å²) in [5.74, 6) is 4.99. The van der Waals surface area contributed by atoms with E-state index in [4.69, 9.17) is 15.9 Å². The number of nitrogens with zero attached hydrogens (tertiary/aromatic N) is 1. The second-order valence-electron chi connectivity index (χ2n) is 4.26. The maximum Gasteiger partial charge on any atom is 0.162 e. The molecule has 2 aromatic rings. The molecule has 1 aliphatic heterocycles. The van der Waals surface area contributed by atoms with Gasteiger partial charge in [-0.1, -0.05) is 0 Å². The molecule has 4 nitrogen and oxygen atoms in total. The molecule has 1 aromatic carbocycles. The van der Waals surface area contributed by atoms with Gasteiger partial charge in [-0.25, -0.2) is 4.98 Å². The molecule has 0 aliphatic carbocycles. The third-order valence-corrected chi connectivity index (χ3v) is 2.99. The standard InChI is InChI=1S/C15H14N2O2/c1-2-3-5-16-15-12-10-14-13(18-7-8-19-14)9-11(12)4-6-17-15/h1,4,6,9-10H,3,5,7-8H2,(H,16,17). The van der Waals surface area contributed by atoms with Gasteiger partial charge in [0.25, 0.3) is 0 Å². The van der Waals surface area contributed by atoms with E-state index in [1.54, 1.807) is 6.20 Å². The molecule has 0 atom stereocenters. The summed E-state index contributed by atoms with van der Waals surface area (Å²) in [5, 5.41) is 5.33. The second-order valence-corrected chi connectivity index (χ2v) is 4.26. The van der Waals surface area contributed by atoms with Gasteiger partial charge in [0.1, 0.15) is 19.0 Å². The smallest absolute Gasteiger partial charge is 0.162 e. The highest BCUT2D eigenvalue weighted by Gasteiger charge is 2.14. The van der Waals surface area contributed by atoms with E-state index < -0.39 is 0 Å². The van der Waals surface area contributed by atoms with Crippen LogP contribution in [-0.2, 0) is 0 Å². The third-order valence-electron chi connectivity index (χ3n) is 2.99. The zero-order chi connectivity index (χ0) is 13.1. The minimum Gasteiger partial charge on any atom is -0.486 e. The molecular formula is C15H14N2O2. The number of fused-ring (bicyclic) bond motifs is 2. The van der Waals surface area contributed by atoms with Crippen LogP contribution in [0.5, 0.6) is 11.5 Å². The largest absolute Gasteiger partial charge is 0.486 e. The van der Waals surface area contributed by atoms with Gasteiger partial charge in [-0.15, -0.1) is 12.3 Å². The van der Waals surface area contributed by atoms with E-state index in [1.165, 1.54) is 0 Å². The fourth-order valence-corrected chi connectivity index (χ4v) is 2.10. The van der Waals surface area contributed by atoms with E-state index in [2.05, 4.69) is 16.2 Å². The van der Waals surface area contributed by atoms with Crippen LogP contribution in [0, 0.1) is 12.3 Å². The molecule has 1 N–H and O–H groups in total. The Kier molecular flexibility index (Phi) is 3.11. The quantitative estimate of drug-likeness (QED) is 0.675. The van der Waals surface area contributed by atoms with Crippen LogP contribution < -0.4 is 14.8 Å². The van der Waals surface area contributed by atoms with Gasteiger partial charge in [0, 0.05) is 24.5 Å². The van der Waals surface area contributed by atoms with Gasteiger partial charge >= 0.3 is 0 Å². The zero-order valence-electron chi connectivity index (χ0n) is 10.5. The number of ether oxygens (including phenoxy) is 2. The first kappa shape index (κ1) is 11.7. The Morgan fingerprint density at radius 3 is 2.84 bits per heavy atom. The van der Waals surface area contributed by atoms with Crippen LogP contribution in [0.4, 0.5) is 5.82 Å². The van der Waals surface area contributed by atoms with Crippen LogP contribution in [0.15, 0.2) is 24.4 Å². The summed E-state index contributed by atoms with van der Waals surface area (Å²) in [4.78, 5) is 4.35. The van der Waals surface area contributed by atoms with Gasteiger partial charge in [-0.05, 0) is 23.6 Å². The van der Waals surface area contributed by atoms with Crippen LogP contribution in [-0.4, -0.2) is 24.7 Å². The third kappa shape index (κ3) is 2.27. The first-order valence-corrected chi connectivity index (χ1v) is 6.24. The fourth-order valence-electron chi connectivity index (χ4n) is 2.10. The second kappa shape index (κ2) is 5.07. The molecule has 4 heteroatoms. The van der Waals surface area contributed by atoms with Crippen molar-refractivity contribution in [2.45, 2.75) is 6.42 Å². The Balaban J connectivity index is 2.01. The lowest BCUT2D eigenvalue weighted by molar-refractivity contribution is 0.172. The summed E-state index contributed by atoms with van der Waals surface area (Å²) in [6.07, 6.45) is 7.69. The lowest BCUT2D eigenvalue weighted by atomic mass is 10.1. The summed E-state index contributed by atoms with van der Waals surface area (Å²) in [5.41, 5.74) is 0. The summed E-state index contributed by atoms with van der Waals surface area (Å²) in [7, 11) is 0. The SMILES string of the molecule is C#CCCNc1nccc2cc3c(cc12)OCCO3. The molecule has 1 aliphatic rings. The number of hydrogen-bond donors (Lipinski definition) is 1. The Morgan fingerprint density at radius 1 is 1.26 bits per heavy atom. The van der Waals surface area contributed by atoms with Crippen molar-refractivity contribution in [1.29, 1.82) is 0 Å². The molecule has 0 saturated carbocycles. The van der Waals surface area contributed by atoms with E-state index in [0.717, 1.165) is 28.1 Å². The van der Waals surface area contributed by atoms with Crippen molar-refractivity contribution in [3.05, 3.63) is 24.4 Å². The average Bonchev–Trinajstić information content (AvgIpc) is 2.46. The number of rotatable bonds is 3. The van der Waals surface area contributed by atoms with E-state index in [9.17, 15) is 0 Å². The zero-order valence-corrected chi connectivity index (χ0v) is 10.5. The van der Waals surface area contributed by atoms with Gasteiger partial charge in [-0.3, -0.25) is 0 Å². The van der Waals surface area contributed by atoms with Crippen LogP contribution in [0.25, 0.3) is 10.8 Å². The highest BCUT2D eigenvalue weighted by atomic mass is 16.6. The van der Waals surface area contributed by atoms with Crippen molar-refractivity contribution in [2.75, 3.05) is 25.1 Å². The number of aromatic nitrogens is 1. The summed E-state index contributed by atoms with van der Waals surface area (Å²) in [6.45, 7) is 1.88. The summed E-state index contributed by atoms with van der Waals surface area (Å²) in [6, 6.07) is 5.91. The Labute approximate surface area is 111 Å². The summed E-state index contributed by atoms with van der Waals surface area (Å²) < 4.78 is 11.2. The van der Waals surface area contributed by atoms with Gasteiger partial charge in [0.15, 0.2) is 11.5 Å². The van der Waals surface area contributed by atoms with Gasteiger partial charge in [0.2, 0.25) is 0 Å². The number of hydrogen-bond acceptors (Lipinski definition) is 4. The molecule has 0 amide bonds. The number of benzene rings is 1. The highest BCUT2D eigenvalue weighted by Crippen LogP contribution is 2.36. The lowest BCUT2D eigenvalue weighted by Gasteiger charge is -2.19. The molecule has 0 spiro atoms. The molecule has 96 valence electrons. The molecule has 0 unspecified atom stereocenters. The lowest BCUT2D eigenvalue weighted by Crippen LogP contribution is -2.15. The number of pyridine rings is 1. The van der Waals surface area contributed by atoms with Crippen molar-refractivity contribution in [2.24, 2.45) is 0 Å². The Hall–Kier alpha value is -2.41. The molecule has 3 rings (SSSR count). The van der Waals surface area contributed by atoms with Crippen LogP contribution in [0.3, 0.4) is 0 Å². The number of nitrogens with one attached hydrogen (secondary N) is 1. The predicted octanol–water partition coefficient (Wildman–Crippen LogP) is 2.44. The molecule has 0 bridgehead atoms. The van der Waals surface area contributed by atoms with Gasteiger partial charge in [-0.2, -0.15) is 0 Å². The molecule has 19 heavy (non-hydrogen) atoms. The van der Waals surface area contributed by atoms with Crippen molar-refractivity contribution in [1.82, 2.24) is 4.98 Å². The van der Waals surface area contributed by atoms with E-state index >= 15 is 0 Å². The maximum atomic E-state index is 5.60. The minimum atomic E-state index is 0.582. The van der Waals surface area contributed by atoms with Gasteiger partial charge < -0.3 is 14.8 Å². The molecule has 0 radical (unpaired) electrons. The molecule has 0 fully saturated rings. The van der Waals surface area contributed by atoms with E-state index in [0.29, 0.717) is 26.2 Å². The van der Waals surface area contributed by atoms with Crippen molar-refractivity contribution in [3.63, 3.8) is 0 Å². The normalized spacial score (nSPS) is 13.0. The minimum absolute atomic E-state index is 0.582. The highest BCUT2D eigenvalue weighted by molar-refractivity contribution is 5.94. The molecule has 2 heterocycles. The van der Waals surface area contributed by atoms with Crippen LogP contribution in [0.1, 0.15) is 6.42 Å². The Bertz CT molecular complexity index is 646. The predicted molar refractivity (Wildman–Crippen MR) is 74.7 cm³/mol. The first-order valence-electron chi connectivity index (χ1n) is 6.24. The Morgan fingerprint density at radius 2 is 2.05 bits per heavy atom. The first-order chi connectivity index (χ1) is 9.38.